The number of anilines is 2. The highest BCUT2D eigenvalue weighted by atomic mass is 32.1. The van der Waals surface area contributed by atoms with Crippen molar-refractivity contribution in [2.24, 2.45) is 5.92 Å². The Kier molecular flexibility index (Phi) is 12.3. The summed E-state index contributed by atoms with van der Waals surface area (Å²) in [5.74, 6) is 0.505. The van der Waals surface area contributed by atoms with E-state index in [0.717, 1.165) is 16.6 Å². The molecule has 6 nitrogen and oxygen atoms in total. The monoisotopic (exact) mass is 387 g/mol. The molecule has 0 aliphatic rings. The van der Waals surface area contributed by atoms with Crippen LogP contribution in [0.3, 0.4) is 0 Å². The fourth-order valence-corrected chi connectivity index (χ4v) is 2.94. The molecule has 1 heterocycles. The lowest BCUT2D eigenvalue weighted by Gasteiger charge is -2.06. The number of hydrogen-bond acceptors (Lipinski definition) is 7. The minimum atomic E-state index is 0.0801. The lowest BCUT2D eigenvalue weighted by molar-refractivity contribution is 0.0292. The quantitative estimate of drug-likeness (QED) is 0.420. The maximum absolute atomic E-state index is 8.87. The van der Waals surface area contributed by atoms with Crippen LogP contribution in [0.5, 0.6) is 0 Å². The smallest absolute Gasteiger partial charge is 0.188 e. The van der Waals surface area contributed by atoms with Crippen LogP contribution in [-0.2, 0) is 0 Å². The van der Waals surface area contributed by atoms with E-state index in [4.69, 9.17) is 27.7 Å². The third kappa shape index (κ3) is 9.08. The average molecular weight is 388 g/mol. The van der Waals surface area contributed by atoms with Gasteiger partial charge in [0.15, 0.2) is 5.13 Å². The van der Waals surface area contributed by atoms with Crippen LogP contribution in [0.15, 0.2) is 18.2 Å². The fourth-order valence-electron chi connectivity index (χ4n) is 1.83. The molecule has 0 spiro atoms. The maximum atomic E-state index is 8.87. The number of aliphatic hydroxyl groups excluding tert-OH is 1. The van der Waals surface area contributed by atoms with Gasteiger partial charge < -0.3 is 10.4 Å². The number of aliphatic hydroxyl groups is 1. The molecular weight excluding hydrogens is 358 g/mol. The third-order valence-electron chi connectivity index (χ3n) is 2.98. The number of nitrogens with zero attached hydrogens (tertiary/aromatic N) is 2. The summed E-state index contributed by atoms with van der Waals surface area (Å²) in [5, 5.41) is 29.9. The first-order valence-electron chi connectivity index (χ1n) is 8.34. The number of thiazole rings is 1. The molecule has 0 fully saturated rings. The van der Waals surface area contributed by atoms with Gasteiger partial charge in [-0.3, -0.25) is 10.4 Å². The molecule has 142 valence electrons. The Labute approximate surface area is 159 Å². The highest BCUT2D eigenvalue weighted by Crippen LogP contribution is 2.29. The molecule has 0 amide bonds. The van der Waals surface area contributed by atoms with E-state index >= 15 is 0 Å². The van der Waals surface area contributed by atoms with Gasteiger partial charge in [0.05, 0.1) is 20.9 Å². The minimum absolute atomic E-state index is 0.0801. The summed E-state index contributed by atoms with van der Waals surface area (Å²) in [6, 6.07) is 4.91. The number of benzene rings is 1. The zero-order valence-corrected chi connectivity index (χ0v) is 17.1. The van der Waals surface area contributed by atoms with Crippen molar-refractivity contribution in [1.29, 1.82) is 0 Å². The molecule has 0 saturated carbocycles. The highest BCUT2D eigenvalue weighted by molar-refractivity contribution is 7.80. The number of aromatic nitrogens is 1. The Balaban J connectivity index is 0.000000544. The zero-order chi connectivity index (χ0) is 19.4. The van der Waals surface area contributed by atoms with Crippen molar-refractivity contribution < 1.29 is 15.5 Å². The topological polar surface area (TPSA) is 88.9 Å². The minimum Gasteiger partial charge on any atom is -0.396 e. The second-order valence-corrected chi connectivity index (χ2v) is 6.86. The summed E-state index contributed by atoms with van der Waals surface area (Å²) < 4.78 is 0.851. The van der Waals surface area contributed by atoms with Gasteiger partial charge in [-0.2, -0.15) is 0 Å². The van der Waals surface area contributed by atoms with E-state index in [0.29, 0.717) is 28.3 Å². The van der Waals surface area contributed by atoms with E-state index < -0.39 is 0 Å². The van der Waals surface area contributed by atoms with Gasteiger partial charge in [-0.05, 0) is 37.5 Å². The van der Waals surface area contributed by atoms with E-state index in [1.807, 2.05) is 13.8 Å². The van der Waals surface area contributed by atoms with Crippen molar-refractivity contribution in [3.8, 4) is 0 Å². The highest BCUT2D eigenvalue weighted by Gasteiger charge is 2.06. The van der Waals surface area contributed by atoms with Crippen LogP contribution >= 0.6 is 23.6 Å². The molecule has 0 aliphatic carbocycles. The number of nitrogens with one attached hydrogen (secondary N) is 1. The van der Waals surface area contributed by atoms with Crippen LogP contribution in [-0.4, -0.2) is 32.1 Å². The summed E-state index contributed by atoms with van der Waals surface area (Å²) >= 11 is 6.32. The van der Waals surface area contributed by atoms with Gasteiger partial charge in [0.25, 0.3) is 0 Å². The first-order chi connectivity index (χ1) is 11.9. The molecule has 0 bridgehead atoms. The number of thiocarbonyl (C=S) groups is 1. The average Bonchev–Trinajstić information content (AvgIpc) is 2.97. The Bertz CT molecular complexity index is 633. The normalized spacial score (nSPS) is 10.9. The molecule has 1 aromatic heterocycles. The number of hydrogen-bond donors (Lipinski definition) is 4. The molecule has 8 heteroatoms. The molecule has 2 aromatic rings. The SMILES string of the molecule is CC.CC(=S)Nc1nc2ccc(N(O)O)cc2s1.CCCC(C)CO. The van der Waals surface area contributed by atoms with Gasteiger partial charge in [0, 0.05) is 6.61 Å². The maximum Gasteiger partial charge on any atom is 0.188 e. The molecule has 1 atom stereocenters. The van der Waals surface area contributed by atoms with Crippen molar-refractivity contribution >= 4 is 49.6 Å². The molecular formula is C17H29N3O3S2. The van der Waals surface area contributed by atoms with Crippen LogP contribution in [0.1, 0.15) is 47.5 Å². The van der Waals surface area contributed by atoms with Crippen LogP contribution in [0.2, 0.25) is 0 Å². The van der Waals surface area contributed by atoms with Crippen LogP contribution in [0, 0.1) is 5.92 Å². The Morgan fingerprint density at radius 3 is 2.44 bits per heavy atom. The van der Waals surface area contributed by atoms with E-state index in [1.54, 1.807) is 25.1 Å². The van der Waals surface area contributed by atoms with Gasteiger partial charge in [-0.1, -0.05) is 57.7 Å². The van der Waals surface area contributed by atoms with E-state index in [9.17, 15) is 0 Å². The second-order valence-electron chi connectivity index (χ2n) is 5.22. The van der Waals surface area contributed by atoms with Gasteiger partial charge in [0.2, 0.25) is 0 Å². The number of rotatable bonds is 5. The summed E-state index contributed by atoms with van der Waals surface area (Å²) in [4.78, 5) is 4.94. The summed E-state index contributed by atoms with van der Waals surface area (Å²) in [5.41, 5.74) is 1.08. The molecule has 0 saturated heterocycles. The predicted molar refractivity (Wildman–Crippen MR) is 110 cm³/mol. The van der Waals surface area contributed by atoms with Crippen molar-refractivity contribution in [3.63, 3.8) is 0 Å². The van der Waals surface area contributed by atoms with Crippen LogP contribution < -0.4 is 10.5 Å². The summed E-state index contributed by atoms with van der Waals surface area (Å²) in [6.07, 6.45) is 2.33. The van der Waals surface area contributed by atoms with Crippen molar-refractivity contribution in [2.45, 2.75) is 47.5 Å². The largest absolute Gasteiger partial charge is 0.396 e. The van der Waals surface area contributed by atoms with E-state index in [2.05, 4.69) is 24.1 Å². The molecule has 1 unspecified atom stereocenters. The van der Waals surface area contributed by atoms with Crippen LogP contribution in [0.4, 0.5) is 10.8 Å². The molecule has 4 N–H and O–H groups in total. The zero-order valence-electron chi connectivity index (χ0n) is 15.5. The Hall–Kier alpha value is -1.32. The third-order valence-corrected chi connectivity index (χ3v) is 4.01. The first kappa shape index (κ1) is 23.7. The van der Waals surface area contributed by atoms with Gasteiger partial charge in [0.1, 0.15) is 0 Å². The van der Waals surface area contributed by atoms with Gasteiger partial charge in [-0.15, -0.1) is 5.23 Å². The summed E-state index contributed by atoms with van der Waals surface area (Å²) in [6.45, 7) is 10.3. The van der Waals surface area contributed by atoms with Crippen molar-refractivity contribution in [3.05, 3.63) is 18.2 Å². The predicted octanol–water partition coefficient (Wildman–Crippen LogP) is 5.08. The van der Waals surface area contributed by atoms with E-state index in [-0.39, 0.29) is 5.23 Å². The molecule has 1 aromatic carbocycles. The lowest BCUT2D eigenvalue weighted by Crippen LogP contribution is -2.10. The lowest BCUT2D eigenvalue weighted by atomic mass is 10.1. The molecule has 25 heavy (non-hydrogen) atoms. The second kappa shape index (κ2) is 13.0. The Morgan fingerprint density at radius 1 is 1.36 bits per heavy atom. The molecule has 2 rings (SSSR count). The molecule has 0 radical (unpaired) electrons. The fraction of sp³-hybridized carbons (Fsp3) is 0.529. The first-order valence-corrected chi connectivity index (χ1v) is 9.56. The van der Waals surface area contributed by atoms with Crippen molar-refractivity contribution in [1.82, 2.24) is 4.98 Å². The van der Waals surface area contributed by atoms with Gasteiger partial charge >= 0.3 is 0 Å². The molecule has 0 aliphatic heterocycles. The van der Waals surface area contributed by atoms with Gasteiger partial charge in [-0.25, -0.2) is 4.98 Å². The van der Waals surface area contributed by atoms with Crippen LogP contribution in [0.25, 0.3) is 10.2 Å². The Morgan fingerprint density at radius 2 is 2.00 bits per heavy atom. The number of fused-ring (bicyclic) bond motifs is 1. The standard InChI is InChI=1S/C9H9N3O2S2.C6H14O.C2H6/c1-5(15)10-9-11-7-3-2-6(12(13)14)4-8(7)16-9;1-3-4-6(2)5-7;1-2/h2-4,13-14H,1H3,(H,10,11,15);6-7H,3-5H2,1-2H3;1-2H3. The summed E-state index contributed by atoms with van der Waals surface area (Å²) in [7, 11) is 0. The van der Waals surface area contributed by atoms with Crippen molar-refractivity contribution in [2.75, 3.05) is 17.2 Å². The van der Waals surface area contributed by atoms with E-state index in [1.165, 1.54) is 17.8 Å².